The summed E-state index contributed by atoms with van der Waals surface area (Å²) in [6.07, 6.45) is 2.38. The van der Waals surface area contributed by atoms with E-state index in [0.29, 0.717) is 17.9 Å². The maximum Gasteiger partial charge on any atom is 0.303 e. The first-order valence-electron chi connectivity index (χ1n) is 5.80. The molecule has 0 bridgehead atoms. The molecule has 0 aromatic carbocycles. The van der Waals surface area contributed by atoms with E-state index in [-0.39, 0.29) is 6.42 Å². The van der Waals surface area contributed by atoms with E-state index in [0.717, 1.165) is 24.2 Å². The molecule has 0 spiro atoms. The van der Waals surface area contributed by atoms with Crippen LogP contribution >= 0.6 is 0 Å². The summed E-state index contributed by atoms with van der Waals surface area (Å²) >= 11 is 0. The number of imidazole rings is 1. The third-order valence-electron chi connectivity index (χ3n) is 2.63. The van der Waals surface area contributed by atoms with Gasteiger partial charge in [0, 0.05) is 18.9 Å². The molecule has 18 heavy (non-hydrogen) atoms. The number of nitrogens with zero attached hydrogens (tertiary/aromatic N) is 2. The summed E-state index contributed by atoms with van der Waals surface area (Å²) in [6, 6.07) is 3.64. The molecule has 6 nitrogen and oxygen atoms in total. The lowest BCUT2D eigenvalue weighted by atomic mass is 10.2. The van der Waals surface area contributed by atoms with Crippen LogP contribution in [0.1, 0.15) is 25.1 Å². The Balaban J connectivity index is 1.99. The van der Waals surface area contributed by atoms with Crippen LogP contribution < -0.4 is 4.74 Å². The lowest BCUT2D eigenvalue weighted by Crippen LogP contribution is -1.95. The second kappa shape index (κ2) is 5.48. The van der Waals surface area contributed by atoms with Crippen molar-refractivity contribution < 1.29 is 14.6 Å². The number of ether oxygens (including phenoxy) is 1. The normalized spacial score (nSPS) is 10.7. The Labute approximate surface area is 104 Å². The predicted molar refractivity (Wildman–Crippen MR) is 65.6 cm³/mol. The highest BCUT2D eigenvalue weighted by atomic mass is 16.5. The summed E-state index contributed by atoms with van der Waals surface area (Å²) in [7, 11) is 1.56. The fraction of sp³-hybridized carbons (Fsp3) is 0.417. The van der Waals surface area contributed by atoms with Gasteiger partial charge >= 0.3 is 5.97 Å². The Morgan fingerprint density at radius 1 is 1.39 bits per heavy atom. The number of unbranched alkanes of at least 4 members (excludes halogenated alkanes) is 1. The number of hydrogen-bond donors (Lipinski definition) is 2. The molecule has 0 aliphatic heterocycles. The van der Waals surface area contributed by atoms with Gasteiger partial charge in [0.15, 0.2) is 5.65 Å². The quantitative estimate of drug-likeness (QED) is 0.761. The van der Waals surface area contributed by atoms with Crippen LogP contribution in [-0.2, 0) is 11.2 Å². The number of carboxylic acid groups (broad SMARTS) is 1. The third kappa shape index (κ3) is 2.97. The summed E-state index contributed by atoms with van der Waals surface area (Å²) in [5.74, 6) is 0.605. The average molecular weight is 249 g/mol. The maximum atomic E-state index is 10.4. The second-order valence-corrected chi connectivity index (χ2v) is 4.01. The zero-order valence-corrected chi connectivity index (χ0v) is 10.1. The number of hydrogen-bond acceptors (Lipinski definition) is 4. The molecule has 0 saturated heterocycles. The Bertz CT molecular complexity index is 550. The highest BCUT2D eigenvalue weighted by Gasteiger charge is 2.05. The van der Waals surface area contributed by atoms with E-state index in [9.17, 15) is 4.79 Å². The molecule has 0 aliphatic carbocycles. The van der Waals surface area contributed by atoms with Crippen molar-refractivity contribution in [1.82, 2.24) is 15.0 Å². The van der Waals surface area contributed by atoms with Gasteiger partial charge < -0.3 is 14.8 Å². The van der Waals surface area contributed by atoms with Crippen LogP contribution in [-0.4, -0.2) is 33.1 Å². The minimum absolute atomic E-state index is 0.201. The van der Waals surface area contributed by atoms with Crippen LogP contribution in [0.2, 0.25) is 0 Å². The minimum Gasteiger partial charge on any atom is -0.481 e. The fourth-order valence-electron chi connectivity index (χ4n) is 1.73. The van der Waals surface area contributed by atoms with E-state index in [2.05, 4.69) is 15.0 Å². The number of aryl methyl sites for hydroxylation is 1. The zero-order chi connectivity index (χ0) is 13.0. The molecule has 2 rings (SSSR count). The van der Waals surface area contributed by atoms with Crippen molar-refractivity contribution >= 4 is 17.1 Å². The van der Waals surface area contributed by atoms with Crippen molar-refractivity contribution in [2.45, 2.75) is 25.7 Å². The van der Waals surface area contributed by atoms with Crippen LogP contribution in [0.25, 0.3) is 11.2 Å². The molecule has 2 heterocycles. The number of rotatable bonds is 6. The largest absolute Gasteiger partial charge is 0.481 e. The third-order valence-corrected chi connectivity index (χ3v) is 2.63. The van der Waals surface area contributed by atoms with Crippen molar-refractivity contribution in [3.8, 4) is 5.88 Å². The van der Waals surface area contributed by atoms with E-state index in [1.165, 1.54) is 0 Å². The predicted octanol–water partition coefficient (Wildman–Crippen LogP) is 1.76. The molecule has 0 atom stereocenters. The van der Waals surface area contributed by atoms with Crippen LogP contribution in [0, 0.1) is 0 Å². The van der Waals surface area contributed by atoms with Crippen molar-refractivity contribution in [2.24, 2.45) is 0 Å². The van der Waals surface area contributed by atoms with E-state index in [1.807, 2.05) is 6.07 Å². The van der Waals surface area contributed by atoms with E-state index in [4.69, 9.17) is 9.84 Å². The monoisotopic (exact) mass is 249 g/mol. The molecule has 0 fully saturated rings. The van der Waals surface area contributed by atoms with E-state index in [1.54, 1.807) is 13.2 Å². The summed E-state index contributed by atoms with van der Waals surface area (Å²) in [5.41, 5.74) is 1.49. The summed E-state index contributed by atoms with van der Waals surface area (Å²) in [4.78, 5) is 22.1. The molecule has 0 saturated carbocycles. The summed E-state index contributed by atoms with van der Waals surface area (Å²) in [6.45, 7) is 0. The minimum atomic E-state index is -0.758. The number of pyridine rings is 1. The first kappa shape index (κ1) is 12.3. The smallest absolute Gasteiger partial charge is 0.303 e. The van der Waals surface area contributed by atoms with Crippen molar-refractivity contribution in [1.29, 1.82) is 0 Å². The molecule has 0 amide bonds. The fourth-order valence-corrected chi connectivity index (χ4v) is 1.73. The van der Waals surface area contributed by atoms with Gasteiger partial charge in [-0.3, -0.25) is 4.79 Å². The molecule has 0 aliphatic rings. The Morgan fingerprint density at radius 3 is 2.94 bits per heavy atom. The lowest BCUT2D eigenvalue weighted by molar-refractivity contribution is -0.137. The van der Waals surface area contributed by atoms with Crippen molar-refractivity contribution in [3.63, 3.8) is 0 Å². The van der Waals surface area contributed by atoms with E-state index < -0.39 is 5.97 Å². The van der Waals surface area contributed by atoms with Gasteiger partial charge in [0.05, 0.1) is 12.6 Å². The first-order valence-corrected chi connectivity index (χ1v) is 5.80. The van der Waals surface area contributed by atoms with Crippen molar-refractivity contribution in [2.75, 3.05) is 7.11 Å². The number of methoxy groups -OCH3 is 1. The maximum absolute atomic E-state index is 10.4. The molecule has 96 valence electrons. The van der Waals surface area contributed by atoms with Gasteiger partial charge in [-0.15, -0.1) is 0 Å². The van der Waals surface area contributed by atoms with Crippen molar-refractivity contribution in [3.05, 3.63) is 18.0 Å². The number of H-pyrrole nitrogens is 1. The number of nitrogens with one attached hydrogen (secondary N) is 1. The average Bonchev–Trinajstić information content (AvgIpc) is 2.75. The number of aromatic nitrogens is 3. The molecule has 2 N–H and O–H groups in total. The Morgan fingerprint density at radius 2 is 2.22 bits per heavy atom. The molecular weight excluding hydrogens is 234 g/mol. The lowest BCUT2D eigenvalue weighted by Gasteiger charge is -1.95. The van der Waals surface area contributed by atoms with E-state index >= 15 is 0 Å². The van der Waals surface area contributed by atoms with Gasteiger partial charge in [0.2, 0.25) is 5.88 Å². The summed E-state index contributed by atoms with van der Waals surface area (Å²) < 4.78 is 5.03. The summed E-state index contributed by atoms with van der Waals surface area (Å²) in [5, 5.41) is 8.54. The molecular formula is C12H15N3O3. The Hall–Kier alpha value is -2.11. The number of carbonyl (C=O) groups is 1. The molecule has 6 heteroatoms. The topological polar surface area (TPSA) is 88.1 Å². The SMILES string of the molecule is COc1ccc2[nH]c(CCCCC(=O)O)nc2n1. The van der Waals surface area contributed by atoms with Gasteiger partial charge in [-0.05, 0) is 18.9 Å². The van der Waals surface area contributed by atoms with Gasteiger partial charge in [-0.1, -0.05) is 0 Å². The van der Waals surface area contributed by atoms with Crippen LogP contribution in [0.4, 0.5) is 0 Å². The molecule has 2 aromatic heterocycles. The number of aromatic amines is 1. The van der Waals surface area contributed by atoms with Crippen LogP contribution in [0.3, 0.4) is 0 Å². The molecule has 0 unspecified atom stereocenters. The van der Waals surface area contributed by atoms with Gasteiger partial charge in [0.25, 0.3) is 0 Å². The van der Waals surface area contributed by atoms with Crippen LogP contribution in [0.15, 0.2) is 12.1 Å². The van der Waals surface area contributed by atoms with Gasteiger partial charge in [0.1, 0.15) is 5.82 Å². The molecule has 0 radical (unpaired) electrons. The standard InChI is InChI=1S/C12H15N3O3/c1-18-10-7-6-8-12(15-10)14-9(13-8)4-2-3-5-11(16)17/h6-7H,2-5H2,1H3,(H,16,17)(H,13,14,15). The number of aliphatic carboxylic acids is 1. The zero-order valence-electron chi connectivity index (χ0n) is 10.1. The number of fused-ring (bicyclic) bond motifs is 1. The molecule has 2 aromatic rings. The van der Waals surface area contributed by atoms with Gasteiger partial charge in [-0.25, -0.2) is 4.98 Å². The first-order chi connectivity index (χ1) is 8.69. The van der Waals surface area contributed by atoms with Crippen LogP contribution in [0.5, 0.6) is 5.88 Å². The highest BCUT2D eigenvalue weighted by Crippen LogP contribution is 2.15. The highest BCUT2D eigenvalue weighted by molar-refractivity contribution is 5.71. The van der Waals surface area contributed by atoms with Gasteiger partial charge in [-0.2, -0.15) is 4.98 Å². The second-order valence-electron chi connectivity index (χ2n) is 4.01. The Kier molecular flexibility index (Phi) is 3.76. The number of carboxylic acids is 1.